The van der Waals surface area contributed by atoms with Crippen LogP contribution in [0.25, 0.3) is 0 Å². The molecule has 8 nitrogen and oxygen atoms in total. The van der Waals surface area contributed by atoms with Crippen molar-refractivity contribution in [1.29, 1.82) is 0 Å². The van der Waals surface area contributed by atoms with Crippen LogP contribution in [0.5, 0.6) is 0 Å². The van der Waals surface area contributed by atoms with Crippen LogP contribution < -0.4 is 22.1 Å². The van der Waals surface area contributed by atoms with Crippen molar-refractivity contribution in [2.24, 2.45) is 0 Å². The highest BCUT2D eigenvalue weighted by Gasteiger charge is 2.08. The van der Waals surface area contributed by atoms with Crippen LogP contribution >= 0.6 is 0 Å². The van der Waals surface area contributed by atoms with Crippen LogP contribution in [0.4, 0.5) is 0 Å². The number of hydrogen-bond acceptors (Lipinski definition) is 5. The molecule has 1 aliphatic carbocycles. The van der Waals surface area contributed by atoms with E-state index < -0.39 is 17.2 Å². The van der Waals surface area contributed by atoms with Crippen LogP contribution in [-0.2, 0) is 11.2 Å². The molecule has 106 valence electrons. The monoisotopic (exact) mass is 277 g/mol. The van der Waals surface area contributed by atoms with Crippen molar-refractivity contribution in [3.8, 4) is 0 Å². The van der Waals surface area contributed by atoms with Gasteiger partial charge in [-0.05, 0) is 24.8 Å². The standard InChI is InChI=1S/C12H15N5O3/c18-10(6-9-11(19)14-12(20)17-15-9)16-13-7-8-4-2-1-3-5-8/h1-2,7,13H,3-6H2,(H,16,18)(H2,14,17,19,20). The van der Waals surface area contributed by atoms with E-state index in [0.717, 1.165) is 19.3 Å². The Hall–Kier alpha value is -2.64. The minimum atomic E-state index is -0.702. The van der Waals surface area contributed by atoms with Gasteiger partial charge in [-0.2, -0.15) is 5.10 Å². The Labute approximate surface area is 114 Å². The van der Waals surface area contributed by atoms with E-state index in [2.05, 4.69) is 33.2 Å². The Morgan fingerprint density at radius 3 is 2.95 bits per heavy atom. The molecule has 20 heavy (non-hydrogen) atoms. The third kappa shape index (κ3) is 3.94. The quantitative estimate of drug-likeness (QED) is 0.426. The fraction of sp³-hybridized carbons (Fsp3) is 0.333. The normalized spacial score (nSPS) is 16.1. The van der Waals surface area contributed by atoms with Crippen LogP contribution in [0.15, 0.2) is 33.5 Å². The molecule has 0 saturated carbocycles. The highest BCUT2D eigenvalue weighted by Crippen LogP contribution is 2.15. The van der Waals surface area contributed by atoms with Crippen LogP contribution in [0.1, 0.15) is 25.0 Å². The second-order valence-electron chi connectivity index (χ2n) is 4.34. The molecule has 0 aliphatic heterocycles. The number of aromatic nitrogens is 3. The molecule has 8 heteroatoms. The predicted octanol–water partition coefficient (Wildman–Crippen LogP) is -0.755. The van der Waals surface area contributed by atoms with Gasteiger partial charge in [0.05, 0.1) is 6.42 Å². The number of carbonyl (C=O) groups is 1. The number of carbonyl (C=O) groups excluding carboxylic acids is 1. The lowest BCUT2D eigenvalue weighted by Gasteiger charge is -2.09. The number of rotatable bonds is 4. The maximum absolute atomic E-state index is 11.6. The van der Waals surface area contributed by atoms with Crippen LogP contribution in [0, 0.1) is 0 Å². The molecule has 1 amide bonds. The first-order valence-corrected chi connectivity index (χ1v) is 6.20. The highest BCUT2D eigenvalue weighted by atomic mass is 16.2. The summed E-state index contributed by atoms with van der Waals surface area (Å²) in [6.07, 6.45) is 8.53. The average molecular weight is 277 g/mol. The van der Waals surface area contributed by atoms with Gasteiger partial charge in [-0.1, -0.05) is 12.2 Å². The van der Waals surface area contributed by atoms with Gasteiger partial charge in [0.1, 0.15) is 5.69 Å². The smallest absolute Gasteiger partial charge is 0.306 e. The lowest BCUT2D eigenvalue weighted by molar-refractivity contribution is -0.121. The number of allylic oxidation sites excluding steroid dienone is 3. The minimum absolute atomic E-state index is 0.0443. The highest BCUT2D eigenvalue weighted by molar-refractivity contribution is 5.77. The second-order valence-corrected chi connectivity index (χ2v) is 4.34. The fourth-order valence-electron chi connectivity index (χ4n) is 1.76. The van der Waals surface area contributed by atoms with Crippen LogP contribution in [0.3, 0.4) is 0 Å². The van der Waals surface area contributed by atoms with Crippen LogP contribution in [0.2, 0.25) is 0 Å². The first-order valence-electron chi connectivity index (χ1n) is 6.20. The summed E-state index contributed by atoms with van der Waals surface area (Å²) in [6, 6.07) is 0. The fourth-order valence-corrected chi connectivity index (χ4v) is 1.76. The molecule has 1 heterocycles. The topological polar surface area (TPSA) is 120 Å². The number of nitrogens with zero attached hydrogens (tertiary/aromatic N) is 1. The number of hydrogen-bond donors (Lipinski definition) is 4. The Kier molecular flexibility index (Phi) is 4.48. The molecule has 2 rings (SSSR count). The summed E-state index contributed by atoms with van der Waals surface area (Å²) < 4.78 is 0. The first-order chi connectivity index (χ1) is 9.65. The zero-order valence-electron chi connectivity index (χ0n) is 10.7. The number of amides is 1. The second kappa shape index (κ2) is 6.50. The van der Waals surface area contributed by atoms with Crippen molar-refractivity contribution in [2.75, 3.05) is 0 Å². The van der Waals surface area contributed by atoms with E-state index in [-0.39, 0.29) is 12.1 Å². The van der Waals surface area contributed by atoms with E-state index >= 15 is 0 Å². The SMILES string of the molecule is O=C(Cc1n[nH]c(=O)[nH]c1=O)NNC=C1CC=CCC1. The molecule has 0 unspecified atom stereocenters. The zero-order valence-corrected chi connectivity index (χ0v) is 10.7. The molecule has 4 N–H and O–H groups in total. The molecule has 0 saturated heterocycles. The summed E-state index contributed by atoms with van der Waals surface area (Å²) in [5, 5.41) is 5.59. The average Bonchev–Trinajstić information content (AvgIpc) is 2.43. The Morgan fingerprint density at radius 2 is 2.25 bits per heavy atom. The van der Waals surface area contributed by atoms with E-state index in [1.807, 2.05) is 4.98 Å². The first kappa shape index (κ1) is 13.8. The van der Waals surface area contributed by atoms with Crippen molar-refractivity contribution >= 4 is 5.91 Å². The van der Waals surface area contributed by atoms with Crippen molar-refractivity contribution in [1.82, 2.24) is 26.0 Å². The molecule has 0 fully saturated rings. The summed E-state index contributed by atoms with van der Waals surface area (Å²) >= 11 is 0. The molecular formula is C12H15N5O3. The van der Waals surface area contributed by atoms with Gasteiger partial charge in [-0.25, -0.2) is 9.89 Å². The van der Waals surface area contributed by atoms with Gasteiger partial charge in [-0.3, -0.25) is 20.0 Å². The van der Waals surface area contributed by atoms with Gasteiger partial charge < -0.3 is 5.43 Å². The van der Waals surface area contributed by atoms with Crippen molar-refractivity contribution in [3.63, 3.8) is 0 Å². The number of nitrogens with one attached hydrogen (secondary N) is 4. The van der Waals surface area contributed by atoms with Gasteiger partial charge >= 0.3 is 5.69 Å². The third-order valence-corrected chi connectivity index (χ3v) is 2.78. The van der Waals surface area contributed by atoms with Crippen molar-refractivity contribution in [3.05, 3.63) is 50.5 Å². The molecule has 0 radical (unpaired) electrons. The Balaban J connectivity index is 1.85. The maximum Gasteiger partial charge on any atom is 0.342 e. The summed E-state index contributed by atoms with van der Waals surface area (Å²) in [4.78, 5) is 35.7. The van der Waals surface area contributed by atoms with E-state index in [1.165, 1.54) is 5.57 Å². The van der Waals surface area contributed by atoms with Gasteiger partial charge in [0.15, 0.2) is 0 Å². The molecule has 0 bridgehead atoms. The van der Waals surface area contributed by atoms with Gasteiger partial charge in [0, 0.05) is 6.20 Å². The lowest BCUT2D eigenvalue weighted by Crippen LogP contribution is -2.37. The predicted molar refractivity (Wildman–Crippen MR) is 71.5 cm³/mol. The number of H-pyrrole nitrogens is 2. The van der Waals surface area contributed by atoms with Crippen molar-refractivity contribution < 1.29 is 4.79 Å². The lowest BCUT2D eigenvalue weighted by atomic mass is 10.0. The zero-order chi connectivity index (χ0) is 14.4. The maximum atomic E-state index is 11.6. The van der Waals surface area contributed by atoms with E-state index in [9.17, 15) is 14.4 Å². The number of aromatic amines is 2. The summed E-state index contributed by atoms with van der Waals surface area (Å²) in [7, 11) is 0. The Morgan fingerprint density at radius 1 is 1.40 bits per heavy atom. The molecule has 0 atom stereocenters. The van der Waals surface area contributed by atoms with Gasteiger partial charge in [0.2, 0.25) is 5.91 Å². The summed E-state index contributed by atoms with van der Waals surface area (Å²) in [5.74, 6) is -0.418. The molecule has 0 spiro atoms. The van der Waals surface area contributed by atoms with E-state index in [1.54, 1.807) is 6.20 Å². The molecule has 1 aliphatic rings. The van der Waals surface area contributed by atoms with E-state index in [4.69, 9.17) is 0 Å². The molecule has 0 aromatic carbocycles. The summed E-state index contributed by atoms with van der Waals surface area (Å²) in [5.41, 5.74) is 4.92. The van der Waals surface area contributed by atoms with Crippen LogP contribution in [-0.4, -0.2) is 21.1 Å². The third-order valence-electron chi connectivity index (χ3n) is 2.78. The van der Waals surface area contributed by atoms with E-state index in [0.29, 0.717) is 0 Å². The largest absolute Gasteiger partial charge is 0.342 e. The van der Waals surface area contributed by atoms with Gasteiger partial charge in [-0.15, -0.1) is 0 Å². The molecular weight excluding hydrogens is 262 g/mol. The number of hydrazine groups is 1. The van der Waals surface area contributed by atoms with Gasteiger partial charge in [0.25, 0.3) is 5.56 Å². The summed E-state index contributed by atoms with van der Waals surface area (Å²) in [6.45, 7) is 0. The van der Waals surface area contributed by atoms with Crippen molar-refractivity contribution in [2.45, 2.75) is 25.7 Å². The molecule has 1 aromatic rings. The molecule has 1 aromatic heterocycles. The minimum Gasteiger partial charge on any atom is -0.306 e. The Bertz CT molecular complexity index is 656.